The number of carbonyl (C=O) groups is 1. The molecule has 0 spiro atoms. The molecular weight excluding hydrogens is 462 g/mol. The van der Waals surface area contributed by atoms with E-state index in [9.17, 15) is 10.0 Å². The number of thioether (sulfide) groups is 2. The molecular formula is C28H45NO3S2. The summed E-state index contributed by atoms with van der Waals surface area (Å²) < 4.78 is 6.32. The summed E-state index contributed by atoms with van der Waals surface area (Å²) in [6.45, 7) is 4.62. The van der Waals surface area contributed by atoms with Crippen LogP contribution in [-0.2, 0) is 9.53 Å². The molecule has 1 amide bonds. The molecule has 2 aliphatic rings. The SMILES string of the molecule is CCCC(CC)SCCCCC1C2CCC(O2)C1CSCCCCC(=O)N(O)c1ccccc1. The average molecular weight is 508 g/mol. The Morgan fingerprint density at radius 2 is 1.79 bits per heavy atom. The van der Waals surface area contributed by atoms with Crippen LogP contribution >= 0.6 is 23.5 Å². The molecule has 0 saturated carbocycles. The molecule has 2 aliphatic heterocycles. The summed E-state index contributed by atoms with van der Waals surface area (Å²) in [6, 6.07) is 9.01. The lowest BCUT2D eigenvalue weighted by molar-refractivity contribution is -0.123. The number of unbranched alkanes of at least 4 members (excludes halogenated alkanes) is 2. The molecule has 2 saturated heterocycles. The summed E-state index contributed by atoms with van der Waals surface area (Å²) in [4.78, 5) is 12.2. The van der Waals surface area contributed by atoms with Crippen LogP contribution in [0.25, 0.3) is 0 Å². The van der Waals surface area contributed by atoms with E-state index in [4.69, 9.17) is 4.74 Å². The van der Waals surface area contributed by atoms with Crippen molar-refractivity contribution >= 4 is 35.1 Å². The van der Waals surface area contributed by atoms with E-state index in [-0.39, 0.29) is 5.91 Å². The van der Waals surface area contributed by atoms with Gasteiger partial charge in [-0.05, 0) is 92.6 Å². The third-order valence-electron chi connectivity index (χ3n) is 7.42. The highest BCUT2D eigenvalue weighted by molar-refractivity contribution is 7.99. The van der Waals surface area contributed by atoms with Gasteiger partial charge in [0.1, 0.15) is 0 Å². The topological polar surface area (TPSA) is 49.8 Å². The minimum absolute atomic E-state index is 0.226. The highest BCUT2D eigenvalue weighted by Crippen LogP contribution is 2.47. The largest absolute Gasteiger partial charge is 0.374 e. The summed E-state index contributed by atoms with van der Waals surface area (Å²) in [6.07, 6.45) is 13.7. The number of benzene rings is 1. The summed E-state index contributed by atoms with van der Waals surface area (Å²) in [5.74, 6) is 4.83. The lowest BCUT2D eigenvalue weighted by atomic mass is 9.78. The van der Waals surface area contributed by atoms with Crippen LogP contribution in [0.4, 0.5) is 5.69 Å². The van der Waals surface area contributed by atoms with Gasteiger partial charge in [-0.3, -0.25) is 10.0 Å². The molecule has 0 aliphatic carbocycles. The van der Waals surface area contributed by atoms with Crippen molar-refractivity contribution in [1.82, 2.24) is 0 Å². The number of hydroxylamine groups is 1. The first kappa shape index (κ1) is 27.9. The molecule has 2 heterocycles. The van der Waals surface area contributed by atoms with E-state index in [0.29, 0.717) is 30.2 Å². The van der Waals surface area contributed by atoms with Crippen molar-refractivity contribution < 1.29 is 14.7 Å². The maximum Gasteiger partial charge on any atom is 0.250 e. The first-order valence-corrected chi connectivity index (χ1v) is 15.8. The molecule has 6 heteroatoms. The van der Waals surface area contributed by atoms with Gasteiger partial charge in [-0.25, -0.2) is 0 Å². The predicted molar refractivity (Wildman–Crippen MR) is 147 cm³/mol. The van der Waals surface area contributed by atoms with Crippen LogP contribution < -0.4 is 5.06 Å². The normalized spacial score (nSPS) is 24.4. The van der Waals surface area contributed by atoms with Crippen molar-refractivity contribution in [3.8, 4) is 0 Å². The fraction of sp³-hybridized carbons (Fsp3) is 0.750. The van der Waals surface area contributed by atoms with E-state index in [1.807, 2.05) is 30.0 Å². The van der Waals surface area contributed by atoms with Crippen LogP contribution in [0.2, 0.25) is 0 Å². The van der Waals surface area contributed by atoms with Gasteiger partial charge < -0.3 is 4.74 Å². The molecule has 0 radical (unpaired) electrons. The van der Waals surface area contributed by atoms with E-state index in [1.165, 1.54) is 62.9 Å². The van der Waals surface area contributed by atoms with Crippen molar-refractivity contribution in [2.75, 3.05) is 22.3 Å². The van der Waals surface area contributed by atoms with Crippen LogP contribution in [0.1, 0.15) is 84.5 Å². The first-order chi connectivity index (χ1) is 16.6. The monoisotopic (exact) mass is 507 g/mol. The number of hydrogen-bond donors (Lipinski definition) is 1. The Hall–Kier alpha value is -0.690. The number of nitrogens with zero attached hydrogens (tertiary/aromatic N) is 1. The average Bonchev–Trinajstić information content (AvgIpc) is 3.47. The molecule has 34 heavy (non-hydrogen) atoms. The molecule has 5 atom stereocenters. The van der Waals surface area contributed by atoms with Crippen LogP contribution in [-0.4, -0.2) is 45.8 Å². The van der Waals surface area contributed by atoms with E-state index < -0.39 is 0 Å². The Kier molecular flexibility index (Phi) is 12.7. The van der Waals surface area contributed by atoms with Crippen LogP contribution in [0.3, 0.4) is 0 Å². The van der Waals surface area contributed by atoms with Gasteiger partial charge in [0.15, 0.2) is 0 Å². The summed E-state index contributed by atoms with van der Waals surface area (Å²) >= 11 is 4.23. The number of fused-ring (bicyclic) bond motifs is 2. The second-order valence-electron chi connectivity index (χ2n) is 9.88. The standard InChI is InChI=1S/C28H45NO3S2/c1-3-12-23(4-2)34-20-11-8-15-24-25(27-18-17-26(24)32-27)21-33-19-10-9-16-28(30)29(31)22-13-6-5-7-14-22/h5-7,13-14,23-27,31H,3-4,8-12,15-21H2,1-2H3. The smallest absolute Gasteiger partial charge is 0.250 e. The van der Waals surface area contributed by atoms with Gasteiger partial charge in [-0.15, -0.1) is 0 Å². The third-order valence-corrected chi connectivity index (χ3v) is 10.2. The summed E-state index contributed by atoms with van der Waals surface area (Å²) in [7, 11) is 0. The summed E-state index contributed by atoms with van der Waals surface area (Å²) in [5.41, 5.74) is 0.536. The van der Waals surface area contributed by atoms with Gasteiger partial charge in [-0.1, -0.05) is 44.9 Å². The van der Waals surface area contributed by atoms with E-state index in [1.54, 1.807) is 12.1 Å². The van der Waals surface area contributed by atoms with Crippen LogP contribution in [0.5, 0.6) is 0 Å². The fourth-order valence-corrected chi connectivity index (χ4v) is 8.13. The first-order valence-electron chi connectivity index (χ1n) is 13.6. The Morgan fingerprint density at radius 3 is 2.53 bits per heavy atom. The van der Waals surface area contributed by atoms with Crippen molar-refractivity contribution in [2.24, 2.45) is 11.8 Å². The lowest BCUT2D eigenvalue weighted by Crippen LogP contribution is -2.29. The van der Waals surface area contributed by atoms with E-state index in [0.717, 1.165) is 34.8 Å². The Labute approximate surface area is 215 Å². The van der Waals surface area contributed by atoms with Gasteiger partial charge in [0.25, 0.3) is 5.91 Å². The number of para-hydroxylation sites is 1. The molecule has 2 bridgehead atoms. The van der Waals surface area contributed by atoms with Crippen molar-refractivity contribution in [3.05, 3.63) is 30.3 Å². The van der Waals surface area contributed by atoms with Crippen molar-refractivity contribution in [2.45, 2.75) is 102 Å². The van der Waals surface area contributed by atoms with Gasteiger partial charge >= 0.3 is 0 Å². The quantitative estimate of drug-likeness (QED) is 0.134. The molecule has 4 nitrogen and oxygen atoms in total. The molecule has 192 valence electrons. The molecule has 0 aromatic heterocycles. The van der Waals surface area contributed by atoms with Gasteiger partial charge in [0.05, 0.1) is 17.9 Å². The number of ether oxygens (including phenoxy) is 1. The zero-order chi connectivity index (χ0) is 24.2. The maximum absolute atomic E-state index is 12.2. The van der Waals surface area contributed by atoms with Gasteiger partial charge in [-0.2, -0.15) is 28.6 Å². The van der Waals surface area contributed by atoms with Crippen molar-refractivity contribution in [3.63, 3.8) is 0 Å². The minimum atomic E-state index is -0.226. The molecule has 5 unspecified atom stereocenters. The van der Waals surface area contributed by atoms with Crippen LogP contribution in [0.15, 0.2) is 30.3 Å². The fourth-order valence-electron chi connectivity index (χ4n) is 5.48. The third kappa shape index (κ3) is 8.46. The number of rotatable bonds is 17. The maximum atomic E-state index is 12.2. The lowest BCUT2D eigenvalue weighted by Gasteiger charge is -2.28. The minimum Gasteiger partial charge on any atom is -0.374 e. The zero-order valence-electron chi connectivity index (χ0n) is 21.2. The van der Waals surface area contributed by atoms with Crippen LogP contribution in [0, 0.1) is 11.8 Å². The number of amides is 1. The Bertz CT molecular complexity index is 704. The number of anilines is 1. The number of hydrogen-bond acceptors (Lipinski definition) is 5. The second-order valence-corrected chi connectivity index (χ2v) is 12.4. The number of carbonyl (C=O) groups excluding carboxylic acids is 1. The molecule has 2 fully saturated rings. The second kappa shape index (κ2) is 15.4. The molecule has 1 N–H and O–H groups in total. The Balaban J connectivity index is 1.28. The molecule has 1 aromatic rings. The highest BCUT2D eigenvalue weighted by atomic mass is 32.2. The van der Waals surface area contributed by atoms with Crippen molar-refractivity contribution in [1.29, 1.82) is 0 Å². The van der Waals surface area contributed by atoms with E-state index >= 15 is 0 Å². The Morgan fingerprint density at radius 1 is 1.06 bits per heavy atom. The predicted octanol–water partition coefficient (Wildman–Crippen LogP) is 7.59. The van der Waals surface area contributed by atoms with E-state index in [2.05, 4.69) is 25.6 Å². The van der Waals surface area contributed by atoms with Gasteiger partial charge in [0, 0.05) is 11.7 Å². The molecule has 1 aromatic carbocycles. The summed E-state index contributed by atoms with van der Waals surface area (Å²) in [5, 5.41) is 11.7. The zero-order valence-corrected chi connectivity index (χ0v) is 22.8. The highest BCUT2D eigenvalue weighted by Gasteiger charge is 2.47. The molecule has 3 rings (SSSR count). The van der Waals surface area contributed by atoms with Gasteiger partial charge in [0.2, 0.25) is 0 Å².